The first-order valence-electron chi connectivity index (χ1n) is 5.89. The molecule has 0 amide bonds. The van der Waals surface area contributed by atoms with Crippen LogP contribution >= 0.6 is 35.2 Å². The van der Waals surface area contributed by atoms with Crippen molar-refractivity contribution in [3.8, 4) is 0 Å². The zero-order chi connectivity index (χ0) is 13.6. The molecule has 0 saturated carbocycles. The van der Waals surface area contributed by atoms with Gasteiger partial charge in [-0.3, -0.25) is 0 Å². The lowest BCUT2D eigenvalue weighted by Crippen LogP contribution is -2.06. The number of nitrogens with one attached hydrogen (secondary N) is 1. The van der Waals surface area contributed by atoms with Crippen LogP contribution in [0.1, 0.15) is 22.9 Å². The highest BCUT2D eigenvalue weighted by Crippen LogP contribution is 2.30. The zero-order valence-electron chi connectivity index (χ0n) is 10.5. The number of aryl methyl sites for hydroxylation is 1. The molecular weight excluding hydrogens is 298 g/mol. The van der Waals surface area contributed by atoms with Gasteiger partial charge in [0.25, 0.3) is 0 Å². The molecule has 2 aromatic heterocycles. The smallest absolute Gasteiger partial charge is 0.178 e. The normalized spacial score (nSPS) is 13.0. The van der Waals surface area contributed by atoms with Crippen LogP contribution in [0.5, 0.6) is 0 Å². The van der Waals surface area contributed by atoms with E-state index in [0.29, 0.717) is 9.79 Å². The highest BCUT2D eigenvalue weighted by molar-refractivity contribution is 7.71. The van der Waals surface area contributed by atoms with E-state index in [1.165, 1.54) is 4.88 Å². The van der Waals surface area contributed by atoms with Crippen molar-refractivity contribution in [2.45, 2.75) is 19.9 Å². The van der Waals surface area contributed by atoms with Gasteiger partial charge in [0.1, 0.15) is 5.01 Å². The lowest BCUT2D eigenvalue weighted by molar-refractivity contribution is 0.645. The third kappa shape index (κ3) is 2.12. The Morgan fingerprint density at radius 1 is 1.47 bits per heavy atom. The molecule has 0 aliphatic rings. The number of aromatic amines is 1. The Morgan fingerprint density at radius 2 is 2.26 bits per heavy atom. The average Bonchev–Trinajstić information content (AvgIpc) is 2.92. The fourth-order valence-electron chi connectivity index (χ4n) is 2.18. The first-order chi connectivity index (χ1) is 9.08. The number of nitrogens with zero attached hydrogens (tertiary/aromatic N) is 2. The fourth-order valence-corrected chi connectivity index (χ4v) is 3.62. The van der Waals surface area contributed by atoms with Crippen LogP contribution in [-0.4, -0.2) is 14.5 Å². The minimum Gasteiger partial charge on any atom is -0.331 e. The van der Waals surface area contributed by atoms with Crippen molar-refractivity contribution >= 4 is 46.2 Å². The van der Waals surface area contributed by atoms with Gasteiger partial charge in [-0.15, -0.1) is 11.3 Å². The Bertz CT molecular complexity index is 800. The molecule has 3 aromatic rings. The summed E-state index contributed by atoms with van der Waals surface area (Å²) in [6.45, 7) is 4.14. The Labute approximate surface area is 124 Å². The summed E-state index contributed by atoms with van der Waals surface area (Å²) in [5.41, 5.74) is 1.90. The summed E-state index contributed by atoms with van der Waals surface area (Å²) in [5.74, 6) is 0. The maximum absolute atomic E-state index is 6.31. The summed E-state index contributed by atoms with van der Waals surface area (Å²) in [7, 11) is 0. The molecule has 0 saturated heterocycles. The van der Waals surface area contributed by atoms with E-state index in [-0.39, 0.29) is 6.04 Å². The van der Waals surface area contributed by atoms with E-state index >= 15 is 0 Å². The van der Waals surface area contributed by atoms with E-state index in [1.54, 1.807) is 11.3 Å². The van der Waals surface area contributed by atoms with Crippen LogP contribution in [0.2, 0.25) is 5.02 Å². The predicted molar refractivity (Wildman–Crippen MR) is 82.8 cm³/mol. The molecular formula is C13H12ClN3S2. The molecule has 98 valence electrons. The standard InChI is InChI=1S/C13H12ClN3S2/c1-7-6-15-12(19-7)8(2)17-11-9(14)4-3-5-10(11)16-13(17)18/h3-6,8H,1-2H3,(H,16,18). The number of benzene rings is 1. The van der Waals surface area contributed by atoms with Gasteiger partial charge in [-0.2, -0.15) is 0 Å². The largest absolute Gasteiger partial charge is 0.331 e. The maximum atomic E-state index is 6.31. The van der Waals surface area contributed by atoms with E-state index in [4.69, 9.17) is 23.8 Å². The molecule has 3 nitrogen and oxygen atoms in total. The van der Waals surface area contributed by atoms with Crippen LogP contribution in [0.3, 0.4) is 0 Å². The van der Waals surface area contributed by atoms with Gasteiger partial charge in [0.05, 0.1) is 22.1 Å². The third-order valence-corrected chi connectivity index (χ3v) is 4.76. The molecule has 0 aliphatic carbocycles. The third-order valence-electron chi connectivity index (χ3n) is 3.07. The van der Waals surface area contributed by atoms with Crippen molar-refractivity contribution in [1.82, 2.24) is 14.5 Å². The van der Waals surface area contributed by atoms with Crippen molar-refractivity contribution in [3.63, 3.8) is 0 Å². The van der Waals surface area contributed by atoms with Gasteiger partial charge in [0.2, 0.25) is 0 Å². The van der Waals surface area contributed by atoms with Crippen LogP contribution < -0.4 is 0 Å². The molecule has 0 bridgehead atoms. The van der Waals surface area contributed by atoms with Gasteiger partial charge in [-0.25, -0.2) is 4.98 Å². The number of aromatic nitrogens is 3. The van der Waals surface area contributed by atoms with E-state index in [0.717, 1.165) is 16.0 Å². The molecule has 1 aromatic carbocycles. The summed E-state index contributed by atoms with van der Waals surface area (Å²) in [6, 6.07) is 5.84. The molecule has 0 radical (unpaired) electrons. The van der Waals surface area contributed by atoms with Crippen molar-refractivity contribution < 1.29 is 0 Å². The van der Waals surface area contributed by atoms with Crippen LogP contribution in [0.25, 0.3) is 11.0 Å². The van der Waals surface area contributed by atoms with E-state index in [2.05, 4.69) is 23.8 Å². The van der Waals surface area contributed by atoms with Crippen LogP contribution in [-0.2, 0) is 0 Å². The summed E-state index contributed by atoms with van der Waals surface area (Å²) >= 11 is 13.4. The lowest BCUT2D eigenvalue weighted by Gasteiger charge is -2.12. The lowest BCUT2D eigenvalue weighted by atomic mass is 10.3. The second-order valence-electron chi connectivity index (χ2n) is 4.42. The van der Waals surface area contributed by atoms with Gasteiger partial charge < -0.3 is 9.55 Å². The second kappa shape index (κ2) is 4.74. The number of para-hydroxylation sites is 1. The molecule has 0 spiro atoms. The number of imidazole rings is 1. The quantitative estimate of drug-likeness (QED) is 0.694. The van der Waals surface area contributed by atoms with Crippen molar-refractivity contribution in [2.24, 2.45) is 0 Å². The fraction of sp³-hybridized carbons (Fsp3) is 0.231. The minimum absolute atomic E-state index is 0.0693. The molecule has 0 fully saturated rings. The van der Waals surface area contributed by atoms with E-state index < -0.39 is 0 Å². The maximum Gasteiger partial charge on any atom is 0.178 e. The average molecular weight is 310 g/mol. The van der Waals surface area contributed by atoms with Crippen molar-refractivity contribution in [3.05, 3.63) is 44.1 Å². The first kappa shape index (κ1) is 12.8. The molecule has 6 heteroatoms. The summed E-state index contributed by atoms with van der Waals surface area (Å²) in [6.07, 6.45) is 1.89. The highest BCUT2D eigenvalue weighted by atomic mass is 35.5. The van der Waals surface area contributed by atoms with Gasteiger partial charge >= 0.3 is 0 Å². The SMILES string of the molecule is Cc1cnc(C(C)n2c(=S)[nH]c3cccc(Cl)c32)s1. The van der Waals surface area contributed by atoms with Crippen LogP contribution in [0.15, 0.2) is 24.4 Å². The molecule has 0 aliphatic heterocycles. The van der Waals surface area contributed by atoms with Gasteiger partial charge in [0.15, 0.2) is 4.77 Å². The van der Waals surface area contributed by atoms with E-state index in [9.17, 15) is 0 Å². The summed E-state index contributed by atoms with van der Waals surface area (Å²) in [5, 5.41) is 1.74. The monoisotopic (exact) mass is 309 g/mol. The zero-order valence-corrected chi connectivity index (χ0v) is 12.9. The van der Waals surface area contributed by atoms with Gasteiger partial charge in [0, 0.05) is 11.1 Å². The number of hydrogen-bond acceptors (Lipinski definition) is 3. The number of thiazole rings is 1. The first-order valence-corrected chi connectivity index (χ1v) is 7.49. The number of fused-ring (bicyclic) bond motifs is 1. The molecule has 2 heterocycles. The molecule has 1 N–H and O–H groups in total. The molecule has 19 heavy (non-hydrogen) atoms. The highest BCUT2D eigenvalue weighted by Gasteiger charge is 2.17. The minimum atomic E-state index is 0.0693. The molecule has 3 rings (SSSR count). The second-order valence-corrected chi connectivity index (χ2v) is 6.48. The summed E-state index contributed by atoms with van der Waals surface area (Å²) < 4.78 is 2.70. The Balaban J connectivity index is 2.25. The summed E-state index contributed by atoms with van der Waals surface area (Å²) in [4.78, 5) is 8.83. The van der Waals surface area contributed by atoms with Crippen molar-refractivity contribution in [1.29, 1.82) is 0 Å². The van der Waals surface area contributed by atoms with Crippen molar-refractivity contribution in [2.75, 3.05) is 0 Å². The van der Waals surface area contributed by atoms with Gasteiger partial charge in [-0.1, -0.05) is 17.7 Å². The van der Waals surface area contributed by atoms with Crippen LogP contribution in [0, 0.1) is 11.7 Å². The molecule has 1 unspecified atom stereocenters. The Morgan fingerprint density at radius 3 is 2.95 bits per heavy atom. The number of H-pyrrole nitrogens is 1. The Kier molecular flexibility index (Phi) is 3.20. The predicted octanol–water partition coefficient (Wildman–Crippen LogP) is 4.73. The Hall–Kier alpha value is -1.17. The van der Waals surface area contributed by atoms with Gasteiger partial charge in [-0.05, 0) is 38.2 Å². The topological polar surface area (TPSA) is 33.6 Å². The van der Waals surface area contributed by atoms with E-state index in [1.807, 2.05) is 29.0 Å². The number of rotatable bonds is 2. The van der Waals surface area contributed by atoms with Crippen LogP contribution in [0.4, 0.5) is 0 Å². The number of hydrogen-bond donors (Lipinski definition) is 1. The number of halogens is 1. The molecule has 1 atom stereocenters.